The summed E-state index contributed by atoms with van der Waals surface area (Å²) >= 11 is 0. The molecule has 0 unspecified atom stereocenters. The molecule has 1 aliphatic rings. The number of amides is 1. The minimum atomic E-state index is -4.47. The smallest absolute Gasteiger partial charge is 0.337 e. The van der Waals surface area contributed by atoms with Crippen LogP contribution in [0.4, 0.5) is 13.2 Å². The Morgan fingerprint density at radius 3 is 2.64 bits per heavy atom. The summed E-state index contributed by atoms with van der Waals surface area (Å²) in [5.41, 5.74) is 0.0423. The van der Waals surface area contributed by atoms with Crippen LogP contribution in [0.15, 0.2) is 18.6 Å². The Labute approximate surface area is 142 Å². The zero-order chi connectivity index (χ0) is 18.2. The second kappa shape index (κ2) is 6.45. The third kappa shape index (κ3) is 3.64. The Morgan fingerprint density at radius 1 is 1.28 bits per heavy atom. The molecule has 1 aliphatic heterocycles. The molecule has 1 saturated heterocycles. The first-order valence-corrected chi connectivity index (χ1v) is 7.94. The van der Waals surface area contributed by atoms with E-state index in [1.165, 1.54) is 17.0 Å². The summed E-state index contributed by atoms with van der Waals surface area (Å²) in [5, 5.41) is 0. The molecule has 1 fully saturated rings. The average molecular weight is 353 g/mol. The second-order valence-corrected chi connectivity index (χ2v) is 6.23. The van der Waals surface area contributed by atoms with Crippen molar-refractivity contribution in [1.29, 1.82) is 0 Å². The van der Waals surface area contributed by atoms with Gasteiger partial charge in [-0.15, -0.1) is 0 Å². The van der Waals surface area contributed by atoms with Gasteiger partial charge in [-0.2, -0.15) is 13.2 Å². The van der Waals surface area contributed by atoms with Crippen molar-refractivity contribution in [1.82, 2.24) is 24.4 Å². The molecule has 1 atom stereocenters. The highest BCUT2D eigenvalue weighted by molar-refractivity contribution is 5.92. The quantitative estimate of drug-likeness (QED) is 0.832. The van der Waals surface area contributed by atoms with Crippen molar-refractivity contribution >= 4 is 5.91 Å². The standard InChI is InChI=1S/C16H18F3N5O/c1-10-6-21-12(7-20-10)15(25)24-5-3-4-11(8-24)14-22-13(9-23(14)2)16(17,18)19/h6-7,9,11H,3-5,8H2,1-2H3/t11-/m1/s1. The van der Waals surface area contributed by atoms with Gasteiger partial charge < -0.3 is 9.47 Å². The number of imidazole rings is 1. The fourth-order valence-corrected chi connectivity index (χ4v) is 3.03. The normalized spacial score (nSPS) is 18.4. The van der Waals surface area contributed by atoms with Crippen LogP contribution in [0, 0.1) is 6.92 Å². The highest BCUT2D eigenvalue weighted by Crippen LogP contribution is 2.32. The van der Waals surface area contributed by atoms with E-state index in [-0.39, 0.29) is 17.5 Å². The number of aryl methyl sites for hydroxylation is 2. The van der Waals surface area contributed by atoms with Crippen LogP contribution in [-0.2, 0) is 13.2 Å². The van der Waals surface area contributed by atoms with E-state index >= 15 is 0 Å². The predicted octanol–water partition coefficient (Wildman–Crippen LogP) is 2.56. The molecule has 2 aromatic heterocycles. The van der Waals surface area contributed by atoms with Gasteiger partial charge in [0.15, 0.2) is 5.69 Å². The van der Waals surface area contributed by atoms with Gasteiger partial charge in [0.1, 0.15) is 11.5 Å². The number of rotatable bonds is 2. The molecular weight excluding hydrogens is 335 g/mol. The Morgan fingerprint density at radius 2 is 2.04 bits per heavy atom. The van der Waals surface area contributed by atoms with Crippen molar-refractivity contribution in [2.75, 3.05) is 13.1 Å². The molecule has 0 N–H and O–H groups in total. The first-order valence-electron chi connectivity index (χ1n) is 7.94. The minimum Gasteiger partial charge on any atom is -0.337 e. The van der Waals surface area contributed by atoms with Crippen molar-refractivity contribution in [3.63, 3.8) is 0 Å². The number of alkyl halides is 3. The fraction of sp³-hybridized carbons (Fsp3) is 0.500. The van der Waals surface area contributed by atoms with Crippen molar-refractivity contribution in [2.24, 2.45) is 7.05 Å². The van der Waals surface area contributed by atoms with Crippen LogP contribution >= 0.6 is 0 Å². The first-order chi connectivity index (χ1) is 11.8. The second-order valence-electron chi connectivity index (χ2n) is 6.23. The van der Waals surface area contributed by atoms with Crippen molar-refractivity contribution in [3.8, 4) is 0 Å². The summed E-state index contributed by atoms with van der Waals surface area (Å²) in [6, 6.07) is 0. The zero-order valence-electron chi connectivity index (χ0n) is 13.9. The maximum Gasteiger partial charge on any atom is 0.434 e. The number of nitrogens with zero attached hydrogens (tertiary/aromatic N) is 5. The molecule has 25 heavy (non-hydrogen) atoms. The highest BCUT2D eigenvalue weighted by Gasteiger charge is 2.36. The first kappa shape index (κ1) is 17.4. The molecule has 0 bridgehead atoms. The van der Waals surface area contributed by atoms with E-state index in [1.54, 1.807) is 18.9 Å². The molecule has 3 heterocycles. The van der Waals surface area contributed by atoms with Gasteiger partial charge in [-0.05, 0) is 19.8 Å². The van der Waals surface area contributed by atoms with E-state index in [1.807, 2.05) is 0 Å². The van der Waals surface area contributed by atoms with Crippen LogP contribution in [0.5, 0.6) is 0 Å². The van der Waals surface area contributed by atoms with Gasteiger partial charge in [-0.1, -0.05) is 0 Å². The molecule has 134 valence electrons. The van der Waals surface area contributed by atoms with Gasteiger partial charge in [0.25, 0.3) is 5.91 Å². The molecule has 3 rings (SSSR count). The molecule has 0 saturated carbocycles. The van der Waals surface area contributed by atoms with Crippen molar-refractivity contribution in [3.05, 3.63) is 41.5 Å². The third-order valence-corrected chi connectivity index (χ3v) is 4.28. The summed E-state index contributed by atoms with van der Waals surface area (Å²) < 4.78 is 40.0. The highest BCUT2D eigenvalue weighted by atomic mass is 19.4. The number of halogens is 3. The molecule has 0 spiro atoms. The number of likely N-dealkylation sites (tertiary alicyclic amines) is 1. The molecular formula is C16H18F3N5O. The Hall–Kier alpha value is -2.45. The lowest BCUT2D eigenvalue weighted by Gasteiger charge is -2.32. The summed E-state index contributed by atoms with van der Waals surface area (Å²) in [4.78, 5) is 26.1. The minimum absolute atomic E-state index is 0.238. The van der Waals surface area contributed by atoms with Gasteiger partial charge in [-0.3, -0.25) is 9.78 Å². The molecule has 9 heteroatoms. The molecule has 1 amide bonds. The number of hydrogen-bond donors (Lipinski definition) is 0. The third-order valence-electron chi connectivity index (χ3n) is 4.28. The number of piperidine rings is 1. The molecule has 2 aromatic rings. The van der Waals surface area contributed by atoms with Crippen LogP contribution in [0.25, 0.3) is 0 Å². The van der Waals surface area contributed by atoms with E-state index in [0.717, 1.165) is 6.20 Å². The predicted molar refractivity (Wildman–Crippen MR) is 82.9 cm³/mol. The number of hydrogen-bond acceptors (Lipinski definition) is 4. The SMILES string of the molecule is Cc1cnc(C(=O)N2CCC[C@@H](c3nc(C(F)(F)F)cn3C)C2)cn1. The lowest BCUT2D eigenvalue weighted by Crippen LogP contribution is -2.40. The summed E-state index contributed by atoms with van der Waals surface area (Å²) in [5.74, 6) is -0.153. The average Bonchev–Trinajstić information content (AvgIpc) is 2.97. The van der Waals surface area contributed by atoms with Crippen LogP contribution in [-0.4, -0.2) is 43.4 Å². The van der Waals surface area contributed by atoms with E-state index in [9.17, 15) is 18.0 Å². The van der Waals surface area contributed by atoms with E-state index < -0.39 is 11.9 Å². The van der Waals surface area contributed by atoms with Crippen molar-refractivity contribution < 1.29 is 18.0 Å². The maximum absolute atomic E-state index is 12.9. The summed E-state index contributed by atoms with van der Waals surface area (Å²) in [7, 11) is 1.55. The largest absolute Gasteiger partial charge is 0.434 e. The van der Waals surface area contributed by atoms with Gasteiger partial charge >= 0.3 is 6.18 Å². The zero-order valence-corrected chi connectivity index (χ0v) is 13.9. The lowest BCUT2D eigenvalue weighted by molar-refractivity contribution is -0.141. The lowest BCUT2D eigenvalue weighted by atomic mass is 9.97. The Kier molecular flexibility index (Phi) is 4.49. The number of aromatic nitrogens is 4. The molecule has 6 nitrogen and oxygen atoms in total. The maximum atomic E-state index is 12.9. The van der Waals surface area contributed by atoms with Gasteiger partial charge in [-0.25, -0.2) is 9.97 Å². The van der Waals surface area contributed by atoms with Crippen LogP contribution < -0.4 is 0 Å². The summed E-state index contributed by atoms with van der Waals surface area (Å²) in [6.45, 7) is 2.63. The fourth-order valence-electron chi connectivity index (χ4n) is 3.03. The van der Waals surface area contributed by atoms with Crippen molar-refractivity contribution in [2.45, 2.75) is 31.9 Å². The topological polar surface area (TPSA) is 63.9 Å². The van der Waals surface area contributed by atoms with E-state index in [2.05, 4.69) is 15.0 Å². The number of carbonyl (C=O) groups excluding carboxylic acids is 1. The van der Waals surface area contributed by atoms with Crippen LogP contribution in [0.1, 0.15) is 46.5 Å². The van der Waals surface area contributed by atoms with Gasteiger partial charge in [0, 0.05) is 38.4 Å². The number of carbonyl (C=O) groups is 1. The molecule has 0 radical (unpaired) electrons. The molecule has 0 aliphatic carbocycles. The van der Waals surface area contributed by atoms with Crippen LogP contribution in [0.2, 0.25) is 0 Å². The van der Waals surface area contributed by atoms with E-state index in [0.29, 0.717) is 37.4 Å². The Bertz CT molecular complexity index is 769. The monoisotopic (exact) mass is 353 g/mol. The van der Waals surface area contributed by atoms with Gasteiger partial charge in [0.05, 0.1) is 11.9 Å². The Balaban J connectivity index is 1.78. The van der Waals surface area contributed by atoms with Crippen LogP contribution in [0.3, 0.4) is 0 Å². The van der Waals surface area contributed by atoms with Gasteiger partial charge in [0.2, 0.25) is 0 Å². The summed E-state index contributed by atoms with van der Waals surface area (Å²) in [6.07, 6.45) is 0.835. The van der Waals surface area contributed by atoms with E-state index in [4.69, 9.17) is 0 Å². The molecule has 0 aromatic carbocycles.